The first-order valence-corrected chi connectivity index (χ1v) is 5.88. The van der Waals surface area contributed by atoms with Gasteiger partial charge in [0, 0.05) is 17.1 Å². The van der Waals surface area contributed by atoms with E-state index in [9.17, 15) is 4.39 Å². The molecular formula is C15H17FO. The third-order valence-electron chi connectivity index (χ3n) is 3.42. The minimum atomic E-state index is -0.179. The number of ether oxygens (including phenoxy) is 1. The Morgan fingerprint density at radius 1 is 1.41 bits per heavy atom. The lowest BCUT2D eigenvalue weighted by Crippen LogP contribution is -2.02. The molecule has 17 heavy (non-hydrogen) atoms. The Hall–Kier alpha value is -1.57. The van der Waals surface area contributed by atoms with Crippen LogP contribution >= 0.6 is 0 Å². The van der Waals surface area contributed by atoms with E-state index in [1.54, 1.807) is 6.92 Å². The fourth-order valence-corrected chi connectivity index (χ4v) is 2.16. The predicted molar refractivity (Wildman–Crippen MR) is 67.9 cm³/mol. The monoisotopic (exact) mass is 232 g/mol. The fraction of sp³-hybridized carbons (Fsp3) is 0.333. The van der Waals surface area contributed by atoms with E-state index in [4.69, 9.17) is 4.74 Å². The molecule has 1 atom stereocenters. The minimum Gasteiger partial charge on any atom is -0.488 e. The van der Waals surface area contributed by atoms with Crippen molar-refractivity contribution >= 4 is 0 Å². The summed E-state index contributed by atoms with van der Waals surface area (Å²) in [5, 5.41) is 0. The van der Waals surface area contributed by atoms with Gasteiger partial charge in [0.25, 0.3) is 0 Å². The van der Waals surface area contributed by atoms with E-state index in [1.807, 2.05) is 31.2 Å². The summed E-state index contributed by atoms with van der Waals surface area (Å²) in [4.78, 5) is 0. The number of hydrogen-bond donors (Lipinski definition) is 0. The molecule has 0 saturated heterocycles. The van der Waals surface area contributed by atoms with E-state index < -0.39 is 0 Å². The first-order chi connectivity index (χ1) is 8.15. The van der Waals surface area contributed by atoms with Gasteiger partial charge >= 0.3 is 0 Å². The van der Waals surface area contributed by atoms with Gasteiger partial charge in [-0.05, 0) is 19.9 Å². The van der Waals surface area contributed by atoms with Crippen LogP contribution in [0.4, 0.5) is 4.39 Å². The second kappa shape index (κ2) is 4.74. The Kier molecular flexibility index (Phi) is 3.32. The van der Waals surface area contributed by atoms with E-state index in [-0.39, 0.29) is 11.7 Å². The number of benzene rings is 1. The molecule has 1 aromatic carbocycles. The smallest absolute Gasteiger partial charge is 0.125 e. The summed E-state index contributed by atoms with van der Waals surface area (Å²) in [5.41, 5.74) is 2.85. The van der Waals surface area contributed by atoms with E-state index in [1.165, 1.54) is 6.08 Å². The van der Waals surface area contributed by atoms with Crippen molar-refractivity contribution in [2.45, 2.75) is 26.7 Å². The van der Waals surface area contributed by atoms with Crippen LogP contribution in [-0.2, 0) is 0 Å². The molecule has 0 amide bonds. The van der Waals surface area contributed by atoms with Crippen LogP contribution in [0, 0.1) is 0 Å². The second-order valence-electron chi connectivity index (χ2n) is 4.35. The number of allylic oxidation sites excluding steroid dienone is 2. The molecular weight excluding hydrogens is 215 g/mol. The minimum absolute atomic E-state index is 0.179. The van der Waals surface area contributed by atoms with Crippen LogP contribution in [-0.4, -0.2) is 6.61 Å². The summed E-state index contributed by atoms with van der Waals surface area (Å²) in [5.74, 6) is 0.870. The Balaban J connectivity index is 2.49. The van der Waals surface area contributed by atoms with Crippen LogP contribution in [0.3, 0.4) is 0 Å². The standard InChI is InChI=1S/C15H17FO/c1-4-14(16)13-9-17-15-8-6-5-7-12(15)10(2)11(13)3/h4-8,10H,9H2,1-3H3/b14-4+. The van der Waals surface area contributed by atoms with Gasteiger partial charge < -0.3 is 4.74 Å². The molecule has 0 fully saturated rings. The molecule has 0 N–H and O–H groups in total. The zero-order chi connectivity index (χ0) is 12.4. The average Bonchev–Trinajstić information content (AvgIpc) is 2.49. The van der Waals surface area contributed by atoms with Gasteiger partial charge in [-0.3, -0.25) is 0 Å². The Morgan fingerprint density at radius 3 is 2.82 bits per heavy atom. The number of para-hydroxylation sites is 1. The number of rotatable bonds is 1. The third kappa shape index (κ3) is 2.12. The van der Waals surface area contributed by atoms with Gasteiger partial charge in [-0.25, -0.2) is 4.39 Å². The summed E-state index contributed by atoms with van der Waals surface area (Å²) in [6, 6.07) is 7.91. The van der Waals surface area contributed by atoms with Gasteiger partial charge in [0.2, 0.25) is 0 Å². The zero-order valence-electron chi connectivity index (χ0n) is 10.5. The third-order valence-corrected chi connectivity index (χ3v) is 3.42. The molecule has 0 saturated carbocycles. The normalized spacial score (nSPS) is 20.7. The van der Waals surface area contributed by atoms with Crippen LogP contribution < -0.4 is 4.74 Å². The van der Waals surface area contributed by atoms with Crippen molar-refractivity contribution in [3.63, 3.8) is 0 Å². The molecule has 2 heteroatoms. The van der Waals surface area contributed by atoms with Gasteiger partial charge in [0.15, 0.2) is 0 Å². The molecule has 0 spiro atoms. The number of halogens is 1. The van der Waals surface area contributed by atoms with Crippen molar-refractivity contribution < 1.29 is 9.13 Å². The highest BCUT2D eigenvalue weighted by Gasteiger charge is 2.22. The fourth-order valence-electron chi connectivity index (χ4n) is 2.16. The first kappa shape index (κ1) is 11.9. The number of hydrogen-bond acceptors (Lipinski definition) is 1. The maximum atomic E-state index is 13.8. The lowest BCUT2D eigenvalue weighted by molar-refractivity contribution is 0.348. The largest absolute Gasteiger partial charge is 0.488 e. The summed E-state index contributed by atoms with van der Waals surface area (Å²) in [7, 11) is 0. The molecule has 1 heterocycles. The topological polar surface area (TPSA) is 9.23 Å². The van der Waals surface area contributed by atoms with E-state index >= 15 is 0 Å². The summed E-state index contributed by atoms with van der Waals surface area (Å²) in [6.45, 7) is 6.09. The van der Waals surface area contributed by atoms with E-state index in [0.717, 1.165) is 16.9 Å². The van der Waals surface area contributed by atoms with Crippen LogP contribution in [0.1, 0.15) is 32.3 Å². The van der Waals surface area contributed by atoms with E-state index in [0.29, 0.717) is 12.2 Å². The first-order valence-electron chi connectivity index (χ1n) is 5.88. The highest BCUT2D eigenvalue weighted by atomic mass is 19.1. The van der Waals surface area contributed by atoms with E-state index in [2.05, 4.69) is 6.92 Å². The molecule has 1 nitrogen and oxygen atoms in total. The van der Waals surface area contributed by atoms with Gasteiger partial charge in [0.05, 0.1) is 0 Å². The van der Waals surface area contributed by atoms with Gasteiger partial charge in [-0.15, -0.1) is 0 Å². The highest BCUT2D eigenvalue weighted by molar-refractivity contribution is 5.46. The lowest BCUT2D eigenvalue weighted by Gasteiger charge is -2.13. The van der Waals surface area contributed by atoms with Crippen molar-refractivity contribution in [3.8, 4) is 5.75 Å². The molecule has 2 rings (SSSR count). The molecule has 1 aromatic rings. The quantitative estimate of drug-likeness (QED) is 0.698. The molecule has 0 aliphatic carbocycles. The van der Waals surface area contributed by atoms with Crippen molar-refractivity contribution in [2.24, 2.45) is 0 Å². The summed E-state index contributed by atoms with van der Waals surface area (Å²) >= 11 is 0. The summed E-state index contributed by atoms with van der Waals surface area (Å²) < 4.78 is 19.5. The van der Waals surface area contributed by atoms with Gasteiger partial charge in [0.1, 0.15) is 18.2 Å². The van der Waals surface area contributed by atoms with Crippen LogP contribution in [0.2, 0.25) is 0 Å². The Labute approximate surface area is 102 Å². The molecule has 0 aromatic heterocycles. The molecule has 0 bridgehead atoms. The van der Waals surface area contributed by atoms with Crippen molar-refractivity contribution in [3.05, 3.63) is 52.9 Å². The molecule has 90 valence electrons. The SMILES string of the molecule is C/C=C(/F)C1=C(C)C(C)c2ccccc2OC1. The Morgan fingerprint density at radius 2 is 2.12 bits per heavy atom. The van der Waals surface area contributed by atoms with Crippen LogP contribution in [0.5, 0.6) is 5.75 Å². The lowest BCUT2D eigenvalue weighted by atomic mass is 9.90. The maximum absolute atomic E-state index is 13.8. The van der Waals surface area contributed by atoms with Crippen molar-refractivity contribution in [2.75, 3.05) is 6.61 Å². The van der Waals surface area contributed by atoms with Crippen LogP contribution in [0.15, 0.2) is 47.3 Å². The average molecular weight is 232 g/mol. The van der Waals surface area contributed by atoms with Crippen molar-refractivity contribution in [1.29, 1.82) is 0 Å². The van der Waals surface area contributed by atoms with Gasteiger partial charge in [-0.1, -0.05) is 36.8 Å². The molecule has 1 aliphatic rings. The van der Waals surface area contributed by atoms with Gasteiger partial charge in [-0.2, -0.15) is 0 Å². The number of fused-ring (bicyclic) bond motifs is 1. The molecule has 1 aliphatic heterocycles. The zero-order valence-corrected chi connectivity index (χ0v) is 10.5. The Bertz CT molecular complexity index is 485. The predicted octanol–water partition coefficient (Wildman–Crippen LogP) is 4.37. The summed E-state index contributed by atoms with van der Waals surface area (Å²) in [6.07, 6.45) is 1.49. The highest BCUT2D eigenvalue weighted by Crippen LogP contribution is 2.37. The van der Waals surface area contributed by atoms with Crippen molar-refractivity contribution in [1.82, 2.24) is 0 Å². The maximum Gasteiger partial charge on any atom is 0.125 e. The van der Waals surface area contributed by atoms with Crippen LogP contribution in [0.25, 0.3) is 0 Å². The molecule has 0 radical (unpaired) electrons. The molecule has 1 unspecified atom stereocenters. The second-order valence-corrected chi connectivity index (χ2v) is 4.35.